The Hall–Kier alpha value is -3.44. The number of nitrogens with one attached hydrogen (secondary N) is 1. The largest absolute Gasteiger partial charge is 0.454 e. The first kappa shape index (κ1) is 21.4. The number of nitrogens with two attached hydrogens (primary N) is 1. The van der Waals surface area contributed by atoms with Crippen LogP contribution in [0.5, 0.6) is 11.5 Å². The van der Waals surface area contributed by atoms with Crippen LogP contribution < -0.4 is 20.5 Å². The summed E-state index contributed by atoms with van der Waals surface area (Å²) < 4.78 is 53.3. The Balaban J connectivity index is 1.40. The van der Waals surface area contributed by atoms with Gasteiger partial charge in [0.05, 0.1) is 6.04 Å². The Morgan fingerprint density at radius 3 is 2.55 bits per heavy atom. The van der Waals surface area contributed by atoms with E-state index in [-0.39, 0.29) is 30.6 Å². The number of likely N-dealkylation sites (tertiary alicyclic amines) is 1. The number of amides is 2. The number of piperidine rings is 1. The minimum atomic E-state index is -4.56. The van der Waals surface area contributed by atoms with Crippen LogP contribution in [0.15, 0.2) is 24.3 Å². The molecule has 3 N–H and O–H groups in total. The molecule has 3 aliphatic rings. The number of hydrogen-bond acceptors (Lipinski definition) is 6. The van der Waals surface area contributed by atoms with E-state index in [9.17, 15) is 22.8 Å². The van der Waals surface area contributed by atoms with Gasteiger partial charge in [-0.15, -0.1) is 0 Å². The van der Waals surface area contributed by atoms with Gasteiger partial charge in [0.1, 0.15) is 5.82 Å². The average molecular weight is 465 g/mol. The summed E-state index contributed by atoms with van der Waals surface area (Å²) >= 11 is 0. The molecule has 9 nitrogen and oxygen atoms in total. The Kier molecular flexibility index (Phi) is 5.09. The van der Waals surface area contributed by atoms with Crippen molar-refractivity contribution >= 4 is 17.6 Å². The maximum Gasteiger partial charge on any atom is 0.410 e. The summed E-state index contributed by atoms with van der Waals surface area (Å²) in [4.78, 5) is 25.8. The van der Waals surface area contributed by atoms with E-state index < -0.39 is 30.1 Å². The Bertz CT molecular complexity index is 1090. The highest BCUT2D eigenvalue weighted by Gasteiger charge is 2.47. The van der Waals surface area contributed by atoms with E-state index in [1.165, 1.54) is 11.0 Å². The van der Waals surface area contributed by atoms with Gasteiger partial charge in [-0.05, 0) is 30.5 Å². The third-order valence-corrected chi connectivity index (χ3v) is 6.39. The Labute approximate surface area is 186 Å². The van der Waals surface area contributed by atoms with Crippen LogP contribution in [0.3, 0.4) is 0 Å². The van der Waals surface area contributed by atoms with Gasteiger partial charge < -0.3 is 25.4 Å². The van der Waals surface area contributed by atoms with Gasteiger partial charge in [0.25, 0.3) is 5.91 Å². The maximum absolute atomic E-state index is 13.9. The number of nitrogens with zero attached hydrogens (tertiary/aromatic N) is 3. The molecule has 0 saturated carbocycles. The van der Waals surface area contributed by atoms with Gasteiger partial charge in [-0.2, -0.15) is 18.3 Å². The van der Waals surface area contributed by atoms with Crippen molar-refractivity contribution in [2.45, 2.75) is 37.5 Å². The van der Waals surface area contributed by atoms with Crippen molar-refractivity contribution in [3.8, 4) is 11.5 Å². The third kappa shape index (κ3) is 3.93. The number of alkyl halides is 3. The molecule has 5 rings (SSSR count). The van der Waals surface area contributed by atoms with Crippen molar-refractivity contribution in [2.24, 2.45) is 11.7 Å². The summed E-state index contributed by atoms with van der Waals surface area (Å²) in [5.74, 6) is -0.0507. The standard InChI is InChI=1S/C21H22F3N5O4/c22-21(23,24)17-8-13(12-1-2-15-16(7-12)33-10-32-15)26-18-9-14(27-29(17)18)20(31)28-5-3-11(4-6-28)19(25)30/h1-2,7,9,11,13,17,26H,3-6,8,10H2,(H2,25,30)/t13-,17-/m0/s1. The first-order chi connectivity index (χ1) is 15.7. The van der Waals surface area contributed by atoms with Crippen molar-refractivity contribution in [1.82, 2.24) is 14.7 Å². The van der Waals surface area contributed by atoms with Crippen molar-refractivity contribution in [2.75, 3.05) is 25.2 Å². The van der Waals surface area contributed by atoms with Gasteiger partial charge in [0.15, 0.2) is 23.2 Å². The number of carbonyl (C=O) groups excluding carboxylic acids is 2. The minimum Gasteiger partial charge on any atom is -0.454 e. The van der Waals surface area contributed by atoms with E-state index in [4.69, 9.17) is 15.2 Å². The van der Waals surface area contributed by atoms with Gasteiger partial charge in [0.2, 0.25) is 12.7 Å². The molecule has 4 heterocycles. The molecule has 0 spiro atoms. The lowest BCUT2D eigenvalue weighted by molar-refractivity contribution is -0.173. The van der Waals surface area contributed by atoms with Crippen LogP contribution in [0.1, 0.15) is 47.4 Å². The number of primary amides is 1. The molecule has 1 saturated heterocycles. The lowest BCUT2D eigenvalue weighted by atomic mass is 9.96. The van der Waals surface area contributed by atoms with E-state index in [0.717, 1.165) is 4.68 Å². The van der Waals surface area contributed by atoms with E-state index >= 15 is 0 Å². The summed E-state index contributed by atoms with van der Waals surface area (Å²) in [6.07, 6.45) is -4.01. The minimum absolute atomic E-state index is 0.0665. The summed E-state index contributed by atoms with van der Waals surface area (Å²) in [5, 5.41) is 7.10. The van der Waals surface area contributed by atoms with Gasteiger partial charge in [-0.3, -0.25) is 9.59 Å². The van der Waals surface area contributed by atoms with Crippen LogP contribution in [0, 0.1) is 5.92 Å². The SMILES string of the molecule is NC(=O)C1CCN(C(=O)c2cc3n(n2)[C@H](C(F)(F)F)C[C@@H](c2ccc4c(c2)OCO4)N3)CC1. The molecule has 0 aliphatic carbocycles. The molecular weight excluding hydrogens is 443 g/mol. The highest BCUT2D eigenvalue weighted by atomic mass is 19.4. The van der Waals surface area contributed by atoms with Crippen molar-refractivity contribution in [3.63, 3.8) is 0 Å². The number of benzene rings is 1. The molecule has 12 heteroatoms. The highest BCUT2D eigenvalue weighted by molar-refractivity contribution is 5.93. The predicted molar refractivity (Wildman–Crippen MR) is 109 cm³/mol. The smallest absolute Gasteiger partial charge is 0.410 e. The van der Waals surface area contributed by atoms with E-state index in [0.29, 0.717) is 43.0 Å². The third-order valence-electron chi connectivity index (χ3n) is 6.39. The van der Waals surface area contributed by atoms with Gasteiger partial charge in [-0.25, -0.2) is 4.68 Å². The summed E-state index contributed by atoms with van der Waals surface area (Å²) in [5.41, 5.74) is 5.87. The molecule has 1 fully saturated rings. The molecule has 176 valence electrons. The van der Waals surface area contributed by atoms with Crippen molar-refractivity contribution in [1.29, 1.82) is 0 Å². The maximum atomic E-state index is 13.9. The fourth-order valence-corrected chi connectivity index (χ4v) is 4.56. The Morgan fingerprint density at radius 1 is 1.12 bits per heavy atom. The molecule has 2 amide bonds. The molecule has 0 radical (unpaired) electrons. The van der Waals surface area contributed by atoms with E-state index in [1.807, 2.05) is 0 Å². The van der Waals surface area contributed by atoms with Crippen LogP contribution in [0.4, 0.5) is 19.0 Å². The zero-order valence-corrected chi connectivity index (χ0v) is 17.5. The van der Waals surface area contributed by atoms with E-state index in [1.54, 1.807) is 18.2 Å². The molecule has 3 aliphatic heterocycles. The molecule has 2 atom stereocenters. The second-order valence-corrected chi connectivity index (χ2v) is 8.43. The molecule has 2 aromatic rings. The number of halogens is 3. The topological polar surface area (TPSA) is 112 Å². The fourth-order valence-electron chi connectivity index (χ4n) is 4.56. The number of carbonyl (C=O) groups is 2. The van der Waals surface area contributed by atoms with Crippen LogP contribution in [0.2, 0.25) is 0 Å². The number of rotatable bonds is 3. The van der Waals surface area contributed by atoms with Crippen LogP contribution in [-0.2, 0) is 4.79 Å². The van der Waals surface area contributed by atoms with Gasteiger partial charge in [-0.1, -0.05) is 6.07 Å². The van der Waals surface area contributed by atoms with E-state index in [2.05, 4.69) is 10.4 Å². The first-order valence-corrected chi connectivity index (χ1v) is 10.6. The quantitative estimate of drug-likeness (QED) is 0.721. The number of anilines is 1. The number of fused-ring (bicyclic) bond motifs is 2. The zero-order chi connectivity index (χ0) is 23.3. The molecular formula is C21H22F3N5O4. The summed E-state index contributed by atoms with van der Waals surface area (Å²) in [6, 6.07) is 3.81. The summed E-state index contributed by atoms with van der Waals surface area (Å²) in [7, 11) is 0. The number of hydrogen-bond donors (Lipinski definition) is 2. The molecule has 0 bridgehead atoms. The molecule has 1 aromatic carbocycles. The molecule has 1 aromatic heterocycles. The van der Waals surface area contributed by atoms with Crippen LogP contribution in [-0.4, -0.2) is 52.6 Å². The lowest BCUT2D eigenvalue weighted by Gasteiger charge is -2.33. The number of aromatic nitrogens is 2. The first-order valence-electron chi connectivity index (χ1n) is 10.6. The highest BCUT2D eigenvalue weighted by Crippen LogP contribution is 2.45. The second-order valence-electron chi connectivity index (χ2n) is 8.43. The van der Waals surface area contributed by atoms with Gasteiger partial charge >= 0.3 is 6.18 Å². The van der Waals surface area contributed by atoms with Crippen molar-refractivity contribution < 1.29 is 32.2 Å². The number of ether oxygens (including phenoxy) is 2. The lowest BCUT2D eigenvalue weighted by Crippen LogP contribution is -2.42. The van der Waals surface area contributed by atoms with Crippen LogP contribution in [0.25, 0.3) is 0 Å². The average Bonchev–Trinajstić information content (AvgIpc) is 3.43. The predicted octanol–water partition coefficient (Wildman–Crippen LogP) is 2.61. The molecule has 0 unspecified atom stereocenters. The van der Waals surface area contributed by atoms with Crippen molar-refractivity contribution in [3.05, 3.63) is 35.5 Å². The zero-order valence-electron chi connectivity index (χ0n) is 17.5. The van der Waals surface area contributed by atoms with Crippen LogP contribution >= 0.6 is 0 Å². The van der Waals surface area contributed by atoms with Gasteiger partial charge in [0, 0.05) is 31.5 Å². The monoisotopic (exact) mass is 465 g/mol. The second kappa shape index (κ2) is 7.85. The molecule has 33 heavy (non-hydrogen) atoms. The Morgan fingerprint density at radius 2 is 1.85 bits per heavy atom. The fraction of sp³-hybridized carbons (Fsp3) is 0.476. The summed E-state index contributed by atoms with van der Waals surface area (Å²) in [6.45, 7) is 0.659. The normalized spacial score (nSPS) is 22.6.